The van der Waals surface area contributed by atoms with Crippen molar-refractivity contribution in [3.63, 3.8) is 0 Å². The predicted molar refractivity (Wildman–Crippen MR) is 227 cm³/mol. The first-order valence-corrected chi connectivity index (χ1v) is 18.5. The lowest BCUT2D eigenvalue weighted by Gasteiger charge is -2.14. The van der Waals surface area contributed by atoms with Gasteiger partial charge < -0.3 is 4.57 Å². The van der Waals surface area contributed by atoms with Crippen LogP contribution in [0.5, 0.6) is 0 Å². The molecule has 4 nitrogen and oxygen atoms in total. The quantitative estimate of drug-likeness (QED) is 0.166. The van der Waals surface area contributed by atoms with Gasteiger partial charge in [-0.2, -0.15) is 0 Å². The standard InChI is InChI=1S/C51H34N4/c1-3-15-35(16-4-1)39-19-13-21-41(33-39)50-52-49(53-51(54-50)42-22-14-20-40(34-42)36-17-5-2-6-18-36)38-31-29-37(30-32-38)43-23-7-10-26-46(43)55-47-27-11-8-24-44(47)45-25-9-12-28-48(45)55/h1-34H. The smallest absolute Gasteiger partial charge is 0.164 e. The van der Waals surface area contributed by atoms with Crippen LogP contribution in [0.3, 0.4) is 0 Å². The van der Waals surface area contributed by atoms with E-state index in [2.05, 4.69) is 199 Å². The first-order valence-electron chi connectivity index (χ1n) is 18.5. The topological polar surface area (TPSA) is 43.6 Å². The minimum atomic E-state index is 0.623. The van der Waals surface area contributed by atoms with E-state index in [-0.39, 0.29) is 0 Å². The average Bonchev–Trinajstić information content (AvgIpc) is 3.61. The highest BCUT2D eigenvalue weighted by molar-refractivity contribution is 6.09. The van der Waals surface area contributed by atoms with E-state index in [1.54, 1.807) is 0 Å². The van der Waals surface area contributed by atoms with Gasteiger partial charge >= 0.3 is 0 Å². The second kappa shape index (κ2) is 13.8. The van der Waals surface area contributed by atoms with Gasteiger partial charge in [-0.1, -0.05) is 176 Å². The maximum atomic E-state index is 5.12. The Morgan fingerprint density at radius 2 is 0.673 bits per heavy atom. The highest BCUT2D eigenvalue weighted by atomic mass is 15.0. The Bertz CT molecular complexity index is 2810. The minimum absolute atomic E-state index is 0.623. The molecule has 0 fully saturated rings. The first-order chi connectivity index (χ1) is 27.3. The Labute approximate surface area is 319 Å². The SMILES string of the molecule is c1ccc(-c2cccc(-c3nc(-c4ccc(-c5ccccc5-n5c6ccccc6c6ccccc65)cc4)nc(-c4cccc(-c5ccccc5)c4)n3)c2)cc1. The van der Waals surface area contributed by atoms with Crippen molar-refractivity contribution in [2.45, 2.75) is 0 Å². The monoisotopic (exact) mass is 702 g/mol. The van der Waals surface area contributed by atoms with Crippen LogP contribution in [-0.2, 0) is 0 Å². The molecule has 0 saturated heterocycles. The van der Waals surface area contributed by atoms with Crippen LogP contribution in [0.1, 0.15) is 0 Å². The van der Waals surface area contributed by atoms with Crippen molar-refractivity contribution in [3.05, 3.63) is 206 Å². The summed E-state index contributed by atoms with van der Waals surface area (Å²) in [5.74, 6) is 1.88. The number of para-hydroxylation sites is 3. The second-order valence-electron chi connectivity index (χ2n) is 13.7. The summed E-state index contributed by atoms with van der Waals surface area (Å²) in [6.07, 6.45) is 0. The number of aromatic nitrogens is 4. The average molecular weight is 703 g/mol. The van der Waals surface area contributed by atoms with Crippen LogP contribution >= 0.6 is 0 Å². The Hall–Kier alpha value is -7.43. The molecule has 4 heteroatoms. The lowest BCUT2D eigenvalue weighted by Crippen LogP contribution is -2.00. The van der Waals surface area contributed by atoms with Gasteiger partial charge in [-0.25, -0.2) is 15.0 Å². The molecule has 0 atom stereocenters. The molecule has 0 bridgehead atoms. The van der Waals surface area contributed by atoms with Crippen LogP contribution in [0.25, 0.3) is 95.0 Å². The molecule has 0 aliphatic rings. The predicted octanol–water partition coefficient (Wildman–Crippen LogP) is 13.0. The number of benzene rings is 8. The Morgan fingerprint density at radius 1 is 0.273 bits per heavy atom. The number of nitrogens with zero attached hydrogens (tertiary/aromatic N) is 4. The van der Waals surface area contributed by atoms with Gasteiger partial charge in [-0.3, -0.25) is 0 Å². The van der Waals surface area contributed by atoms with E-state index < -0.39 is 0 Å². The van der Waals surface area contributed by atoms with Gasteiger partial charge in [-0.15, -0.1) is 0 Å². The summed E-state index contributed by atoms with van der Waals surface area (Å²) >= 11 is 0. The summed E-state index contributed by atoms with van der Waals surface area (Å²) in [6.45, 7) is 0. The largest absolute Gasteiger partial charge is 0.309 e. The molecule has 258 valence electrons. The third-order valence-electron chi connectivity index (χ3n) is 10.3. The number of rotatable bonds is 7. The van der Waals surface area contributed by atoms with Crippen molar-refractivity contribution < 1.29 is 0 Å². The molecule has 0 aliphatic heterocycles. The zero-order valence-electron chi connectivity index (χ0n) is 29.9. The first kappa shape index (κ1) is 32.2. The van der Waals surface area contributed by atoms with Crippen molar-refractivity contribution in [2.75, 3.05) is 0 Å². The maximum absolute atomic E-state index is 5.12. The molecule has 0 spiro atoms. The van der Waals surface area contributed by atoms with E-state index in [1.807, 2.05) is 12.1 Å². The molecule has 55 heavy (non-hydrogen) atoms. The van der Waals surface area contributed by atoms with Crippen molar-refractivity contribution in [2.24, 2.45) is 0 Å². The highest BCUT2D eigenvalue weighted by Gasteiger charge is 2.17. The maximum Gasteiger partial charge on any atom is 0.164 e. The normalized spacial score (nSPS) is 11.3. The molecular formula is C51H34N4. The van der Waals surface area contributed by atoms with E-state index in [0.29, 0.717) is 17.5 Å². The van der Waals surface area contributed by atoms with Gasteiger partial charge in [0.15, 0.2) is 17.5 Å². The van der Waals surface area contributed by atoms with Gasteiger partial charge in [0, 0.05) is 33.0 Å². The molecule has 10 rings (SSSR count). The molecule has 0 N–H and O–H groups in total. The fraction of sp³-hybridized carbons (Fsp3) is 0. The zero-order chi connectivity index (χ0) is 36.6. The molecule has 8 aromatic carbocycles. The second-order valence-corrected chi connectivity index (χ2v) is 13.7. The summed E-state index contributed by atoms with van der Waals surface area (Å²) in [6, 6.07) is 72.2. The molecule has 0 aliphatic carbocycles. The summed E-state index contributed by atoms with van der Waals surface area (Å²) < 4.78 is 2.38. The number of hydrogen-bond donors (Lipinski definition) is 0. The molecule has 0 unspecified atom stereocenters. The summed E-state index contributed by atoms with van der Waals surface area (Å²) in [7, 11) is 0. The van der Waals surface area contributed by atoms with Crippen LogP contribution in [0.2, 0.25) is 0 Å². The van der Waals surface area contributed by atoms with Crippen LogP contribution in [-0.4, -0.2) is 19.5 Å². The Balaban J connectivity index is 1.09. The Kier molecular flexibility index (Phi) is 8.12. The van der Waals surface area contributed by atoms with Gasteiger partial charge in [0.2, 0.25) is 0 Å². The number of hydrogen-bond acceptors (Lipinski definition) is 3. The van der Waals surface area contributed by atoms with E-state index in [9.17, 15) is 0 Å². The summed E-state index contributed by atoms with van der Waals surface area (Å²) in [5, 5.41) is 2.49. The highest BCUT2D eigenvalue weighted by Crippen LogP contribution is 2.37. The van der Waals surface area contributed by atoms with E-state index in [1.165, 1.54) is 21.8 Å². The molecule has 2 aromatic heterocycles. The van der Waals surface area contributed by atoms with E-state index in [4.69, 9.17) is 15.0 Å². The van der Waals surface area contributed by atoms with Crippen molar-refractivity contribution in [1.29, 1.82) is 0 Å². The van der Waals surface area contributed by atoms with E-state index >= 15 is 0 Å². The fourth-order valence-electron chi connectivity index (χ4n) is 7.59. The third kappa shape index (κ3) is 6.06. The summed E-state index contributed by atoms with van der Waals surface area (Å²) in [5.41, 5.74) is 13.1. The van der Waals surface area contributed by atoms with Crippen LogP contribution in [0, 0.1) is 0 Å². The molecule has 10 aromatic rings. The van der Waals surface area contributed by atoms with E-state index in [0.717, 1.165) is 55.8 Å². The third-order valence-corrected chi connectivity index (χ3v) is 10.3. The lowest BCUT2D eigenvalue weighted by atomic mass is 10.0. The minimum Gasteiger partial charge on any atom is -0.309 e. The molecule has 2 heterocycles. The van der Waals surface area contributed by atoms with Gasteiger partial charge in [0.05, 0.1) is 16.7 Å². The lowest BCUT2D eigenvalue weighted by molar-refractivity contribution is 1.07. The molecule has 0 amide bonds. The molecular weight excluding hydrogens is 669 g/mol. The molecule has 0 radical (unpaired) electrons. The molecule has 0 saturated carbocycles. The van der Waals surface area contributed by atoms with Gasteiger partial charge in [0.25, 0.3) is 0 Å². The summed E-state index contributed by atoms with van der Waals surface area (Å²) in [4.78, 5) is 15.3. The van der Waals surface area contributed by atoms with Crippen molar-refractivity contribution >= 4 is 21.8 Å². The van der Waals surface area contributed by atoms with Crippen molar-refractivity contribution in [1.82, 2.24) is 19.5 Å². The zero-order valence-corrected chi connectivity index (χ0v) is 29.9. The van der Waals surface area contributed by atoms with Gasteiger partial charge in [0.1, 0.15) is 0 Å². The van der Waals surface area contributed by atoms with Crippen LogP contribution in [0.4, 0.5) is 0 Å². The van der Waals surface area contributed by atoms with Crippen LogP contribution < -0.4 is 0 Å². The Morgan fingerprint density at radius 3 is 1.22 bits per heavy atom. The number of fused-ring (bicyclic) bond motifs is 3. The van der Waals surface area contributed by atoms with Crippen LogP contribution in [0.15, 0.2) is 206 Å². The van der Waals surface area contributed by atoms with Crippen molar-refractivity contribution in [3.8, 4) is 73.2 Å². The van der Waals surface area contributed by atoms with Gasteiger partial charge in [-0.05, 0) is 58.1 Å². The fourth-order valence-corrected chi connectivity index (χ4v) is 7.59.